The van der Waals surface area contributed by atoms with Crippen LogP contribution in [0.5, 0.6) is 0 Å². The van der Waals surface area contributed by atoms with E-state index in [1.54, 1.807) is 29.6 Å². The van der Waals surface area contributed by atoms with Crippen LogP contribution < -0.4 is 9.62 Å². The SMILES string of the molecule is O=C1CCC(=O)N1c1ccc(S(=O)(=O)NC[C@](O)(c2ccco2)c2cccs2)cc1. The van der Waals surface area contributed by atoms with Crippen LogP contribution >= 0.6 is 11.3 Å². The van der Waals surface area contributed by atoms with E-state index in [0.717, 1.165) is 4.90 Å². The maximum absolute atomic E-state index is 12.8. The summed E-state index contributed by atoms with van der Waals surface area (Å²) in [6.07, 6.45) is 1.70. The zero-order valence-electron chi connectivity index (χ0n) is 15.6. The molecular weight excluding hydrogens is 428 g/mol. The molecule has 2 amide bonds. The number of nitrogens with one attached hydrogen (secondary N) is 1. The van der Waals surface area contributed by atoms with E-state index >= 15 is 0 Å². The first kappa shape index (κ1) is 20.5. The van der Waals surface area contributed by atoms with Gasteiger partial charge in [0.15, 0.2) is 5.60 Å². The Hall–Kier alpha value is -2.79. The Balaban J connectivity index is 1.55. The third-order valence-electron chi connectivity index (χ3n) is 4.83. The van der Waals surface area contributed by atoms with Gasteiger partial charge in [0, 0.05) is 17.7 Å². The van der Waals surface area contributed by atoms with Gasteiger partial charge < -0.3 is 9.52 Å². The molecule has 1 aliphatic heterocycles. The summed E-state index contributed by atoms with van der Waals surface area (Å²) in [5, 5.41) is 13.0. The molecule has 10 heteroatoms. The van der Waals surface area contributed by atoms with Crippen LogP contribution in [0.2, 0.25) is 0 Å². The molecule has 3 heterocycles. The van der Waals surface area contributed by atoms with Crippen LogP contribution in [0.4, 0.5) is 5.69 Å². The van der Waals surface area contributed by atoms with Crippen molar-refractivity contribution in [2.45, 2.75) is 23.3 Å². The summed E-state index contributed by atoms with van der Waals surface area (Å²) in [6.45, 7) is -0.339. The second kappa shape index (κ2) is 7.80. The summed E-state index contributed by atoms with van der Waals surface area (Å²) in [5.74, 6) is -0.407. The van der Waals surface area contributed by atoms with Crippen LogP contribution in [0.1, 0.15) is 23.5 Å². The van der Waals surface area contributed by atoms with E-state index in [4.69, 9.17) is 4.42 Å². The number of thiophene rings is 1. The van der Waals surface area contributed by atoms with Crippen molar-refractivity contribution < 1.29 is 27.5 Å². The van der Waals surface area contributed by atoms with E-state index in [1.165, 1.54) is 41.9 Å². The number of sulfonamides is 1. The van der Waals surface area contributed by atoms with Crippen LogP contribution in [0, 0.1) is 0 Å². The monoisotopic (exact) mass is 446 g/mol. The molecule has 156 valence electrons. The maximum Gasteiger partial charge on any atom is 0.240 e. The number of hydrogen-bond acceptors (Lipinski definition) is 7. The highest BCUT2D eigenvalue weighted by Gasteiger charge is 2.37. The number of amides is 2. The smallest absolute Gasteiger partial charge is 0.240 e. The number of aliphatic hydroxyl groups is 1. The molecule has 1 atom stereocenters. The van der Waals surface area contributed by atoms with Crippen molar-refractivity contribution in [1.29, 1.82) is 0 Å². The normalized spacial score (nSPS) is 16.8. The lowest BCUT2D eigenvalue weighted by Crippen LogP contribution is -2.40. The number of benzene rings is 1. The number of carbonyl (C=O) groups excluding carboxylic acids is 2. The van der Waals surface area contributed by atoms with Crippen molar-refractivity contribution in [3.05, 3.63) is 70.8 Å². The van der Waals surface area contributed by atoms with Crippen molar-refractivity contribution in [1.82, 2.24) is 4.72 Å². The Morgan fingerprint density at radius 1 is 1.07 bits per heavy atom. The second-order valence-electron chi connectivity index (χ2n) is 6.76. The lowest BCUT2D eigenvalue weighted by molar-refractivity contribution is -0.121. The molecule has 2 aromatic heterocycles. The second-order valence-corrected chi connectivity index (χ2v) is 9.47. The first-order valence-electron chi connectivity index (χ1n) is 9.07. The Morgan fingerprint density at radius 2 is 1.77 bits per heavy atom. The van der Waals surface area contributed by atoms with Crippen LogP contribution in [0.25, 0.3) is 0 Å². The molecule has 0 saturated carbocycles. The van der Waals surface area contributed by atoms with E-state index in [2.05, 4.69) is 4.72 Å². The fourth-order valence-electron chi connectivity index (χ4n) is 3.25. The number of hydrogen-bond donors (Lipinski definition) is 2. The molecule has 8 nitrogen and oxygen atoms in total. The minimum Gasteiger partial charge on any atom is -0.466 e. The molecule has 0 unspecified atom stereocenters. The summed E-state index contributed by atoms with van der Waals surface area (Å²) in [5.41, 5.74) is -1.34. The number of carbonyl (C=O) groups is 2. The Labute approximate surface area is 176 Å². The summed E-state index contributed by atoms with van der Waals surface area (Å²) < 4.78 is 33.3. The molecule has 1 aromatic carbocycles. The van der Waals surface area contributed by atoms with Gasteiger partial charge in [-0.3, -0.25) is 14.5 Å². The maximum atomic E-state index is 12.8. The van der Waals surface area contributed by atoms with Gasteiger partial charge in [-0.1, -0.05) is 6.07 Å². The average Bonchev–Trinajstić information content (AvgIpc) is 3.50. The van der Waals surface area contributed by atoms with Crippen molar-refractivity contribution in [2.75, 3.05) is 11.4 Å². The van der Waals surface area contributed by atoms with Crippen LogP contribution in [-0.2, 0) is 25.2 Å². The summed E-state index contributed by atoms with van der Waals surface area (Å²) in [6, 6.07) is 12.1. The summed E-state index contributed by atoms with van der Waals surface area (Å²) >= 11 is 1.28. The fraction of sp³-hybridized carbons (Fsp3) is 0.200. The third kappa shape index (κ3) is 3.70. The topological polar surface area (TPSA) is 117 Å². The predicted molar refractivity (Wildman–Crippen MR) is 109 cm³/mol. The number of rotatable bonds is 7. The third-order valence-corrected chi connectivity index (χ3v) is 7.27. The molecule has 2 N–H and O–H groups in total. The highest BCUT2D eigenvalue weighted by molar-refractivity contribution is 7.89. The molecule has 0 spiro atoms. The van der Waals surface area contributed by atoms with Gasteiger partial charge in [-0.2, -0.15) is 0 Å². The molecule has 0 radical (unpaired) electrons. The zero-order chi connectivity index (χ0) is 21.4. The highest BCUT2D eigenvalue weighted by Crippen LogP contribution is 2.33. The van der Waals surface area contributed by atoms with Gasteiger partial charge in [-0.25, -0.2) is 13.1 Å². The van der Waals surface area contributed by atoms with Crippen molar-refractivity contribution >= 4 is 38.9 Å². The molecular formula is C20H18N2O6S2. The largest absolute Gasteiger partial charge is 0.466 e. The van der Waals surface area contributed by atoms with E-state index in [-0.39, 0.29) is 41.9 Å². The van der Waals surface area contributed by atoms with Gasteiger partial charge in [0.2, 0.25) is 21.8 Å². The average molecular weight is 447 g/mol. The van der Waals surface area contributed by atoms with E-state index < -0.39 is 15.6 Å². The zero-order valence-corrected chi connectivity index (χ0v) is 17.3. The standard InChI is InChI=1S/C20H18N2O6S2/c23-18-9-10-19(24)22(18)14-5-7-15(8-6-14)30(26,27)21-13-20(25,16-3-1-11-28-16)17-4-2-12-29-17/h1-8,11-12,21,25H,9-10,13H2/t20-/m0/s1. The van der Waals surface area contributed by atoms with E-state index in [0.29, 0.717) is 10.6 Å². The lowest BCUT2D eigenvalue weighted by Gasteiger charge is -2.25. The van der Waals surface area contributed by atoms with Gasteiger partial charge in [-0.15, -0.1) is 11.3 Å². The lowest BCUT2D eigenvalue weighted by atomic mass is 9.99. The molecule has 0 aliphatic carbocycles. The van der Waals surface area contributed by atoms with Crippen LogP contribution in [0.15, 0.2) is 69.5 Å². The van der Waals surface area contributed by atoms with Gasteiger partial charge in [-0.05, 0) is 47.8 Å². The first-order valence-corrected chi connectivity index (χ1v) is 11.4. The molecule has 4 rings (SSSR count). The van der Waals surface area contributed by atoms with Crippen LogP contribution in [-0.4, -0.2) is 31.9 Å². The molecule has 30 heavy (non-hydrogen) atoms. The number of anilines is 1. The van der Waals surface area contributed by atoms with Gasteiger partial charge in [0.25, 0.3) is 0 Å². The van der Waals surface area contributed by atoms with Crippen molar-refractivity contribution in [3.8, 4) is 0 Å². The minimum atomic E-state index is -3.98. The van der Waals surface area contributed by atoms with Gasteiger partial charge in [0.05, 0.1) is 23.4 Å². The summed E-state index contributed by atoms with van der Waals surface area (Å²) in [7, 11) is -3.98. The van der Waals surface area contributed by atoms with E-state index in [1.807, 2.05) is 0 Å². The summed E-state index contributed by atoms with van der Waals surface area (Å²) in [4.78, 5) is 25.2. The molecule has 1 aliphatic rings. The molecule has 1 fully saturated rings. The number of furan rings is 1. The van der Waals surface area contributed by atoms with Gasteiger partial charge in [0.1, 0.15) is 5.76 Å². The van der Waals surface area contributed by atoms with Crippen LogP contribution in [0.3, 0.4) is 0 Å². The molecule has 0 bridgehead atoms. The molecule has 3 aromatic rings. The van der Waals surface area contributed by atoms with Crippen molar-refractivity contribution in [3.63, 3.8) is 0 Å². The number of nitrogens with zero attached hydrogens (tertiary/aromatic N) is 1. The fourth-order valence-corrected chi connectivity index (χ4v) is 5.13. The highest BCUT2D eigenvalue weighted by atomic mass is 32.2. The van der Waals surface area contributed by atoms with Crippen molar-refractivity contribution in [2.24, 2.45) is 0 Å². The van der Waals surface area contributed by atoms with Gasteiger partial charge >= 0.3 is 0 Å². The van der Waals surface area contributed by atoms with E-state index in [9.17, 15) is 23.1 Å². The Morgan fingerprint density at radius 3 is 2.33 bits per heavy atom. The Bertz CT molecular complexity index is 1100. The Kier molecular flexibility index (Phi) is 5.33. The predicted octanol–water partition coefficient (Wildman–Crippen LogP) is 2.21. The minimum absolute atomic E-state index is 0.0571. The first-order chi connectivity index (χ1) is 14.3. The quantitative estimate of drug-likeness (QED) is 0.538. The molecule has 1 saturated heterocycles. The number of imide groups is 1.